The summed E-state index contributed by atoms with van der Waals surface area (Å²) < 4.78 is 16.0. The fourth-order valence-electron chi connectivity index (χ4n) is 3.23. The zero-order chi connectivity index (χ0) is 22.6. The molecule has 0 saturated carbocycles. The summed E-state index contributed by atoms with van der Waals surface area (Å²) in [5.74, 6) is -0.831. The quantitative estimate of drug-likeness (QED) is 0.179. The fourth-order valence-corrected chi connectivity index (χ4v) is 3.23. The number of aliphatic hydroxyl groups excluding tert-OH is 7. The van der Waals surface area contributed by atoms with Gasteiger partial charge in [-0.25, -0.2) is 0 Å². The van der Waals surface area contributed by atoms with Crippen LogP contribution in [0.1, 0.15) is 19.8 Å². The Kier molecular flexibility index (Phi) is 9.05. The van der Waals surface area contributed by atoms with Crippen molar-refractivity contribution in [2.45, 2.75) is 81.1 Å². The first-order valence-electron chi connectivity index (χ1n) is 9.47. The molecule has 0 aromatic rings. The van der Waals surface area contributed by atoms with Crippen LogP contribution in [0.3, 0.4) is 0 Å². The number of carbonyl (C=O) groups excluding carboxylic acids is 2. The number of amides is 1. The third-order valence-corrected chi connectivity index (χ3v) is 5.01. The van der Waals surface area contributed by atoms with Crippen LogP contribution >= 0.6 is 0 Å². The van der Waals surface area contributed by atoms with Crippen LogP contribution in [0.2, 0.25) is 0 Å². The molecular formula is C17H29NO12. The van der Waals surface area contributed by atoms with E-state index >= 15 is 0 Å². The van der Waals surface area contributed by atoms with Crippen LogP contribution in [0.15, 0.2) is 0 Å². The van der Waals surface area contributed by atoms with Crippen LogP contribution in [0.5, 0.6) is 0 Å². The van der Waals surface area contributed by atoms with Gasteiger partial charge in [0.15, 0.2) is 12.5 Å². The van der Waals surface area contributed by atoms with Crippen molar-refractivity contribution in [2.24, 2.45) is 0 Å². The lowest BCUT2D eigenvalue weighted by atomic mass is 9.96. The van der Waals surface area contributed by atoms with Crippen LogP contribution in [-0.4, -0.2) is 122 Å². The van der Waals surface area contributed by atoms with E-state index in [9.17, 15) is 45.3 Å². The van der Waals surface area contributed by atoms with Crippen molar-refractivity contribution >= 4 is 11.7 Å². The molecule has 0 spiro atoms. The number of nitrogens with one attached hydrogen (secondary N) is 1. The number of rotatable bonds is 8. The first-order chi connectivity index (χ1) is 14.1. The van der Waals surface area contributed by atoms with E-state index in [1.807, 2.05) is 0 Å². The first-order valence-corrected chi connectivity index (χ1v) is 9.47. The number of ketones is 1. The predicted octanol–water partition coefficient (Wildman–Crippen LogP) is -4.90. The summed E-state index contributed by atoms with van der Waals surface area (Å²) in [6.45, 7) is -0.105. The van der Waals surface area contributed by atoms with E-state index in [1.54, 1.807) is 0 Å². The van der Waals surface area contributed by atoms with Gasteiger partial charge in [-0.1, -0.05) is 0 Å². The molecule has 1 amide bonds. The van der Waals surface area contributed by atoms with Crippen LogP contribution in [-0.2, 0) is 23.8 Å². The van der Waals surface area contributed by atoms with Gasteiger partial charge in [-0.15, -0.1) is 0 Å². The molecule has 6 unspecified atom stereocenters. The summed E-state index contributed by atoms with van der Waals surface area (Å²) in [4.78, 5) is 22.9. The third kappa shape index (κ3) is 5.70. The van der Waals surface area contributed by atoms with Crippen molar-refractivity contribution < 1.29 is 59.5 Å². The normalized spacial score (nSPS) is 42.0. The van der Waals surface area contributed by atoms with Crippen LogP contribution < -0.4 is 5.32 Å². The highest BCUT2D eigenvalue weighted by molar-refractivity contribution is 5.83. The highest BCUT2D eigenvalue weighted by atomic mass is 16.7. The Morgan fingerprint density at radius 3 is 2.03 bits per heavy atom. The van der Waals surface area contributed by atoms with Gasteiger partial charge in [0.2, 0.25) is 5.91 Å². The Bertz CT molecular complexity index is 587. The van der Waals surface area contributed by atoms with Gasteiger partial charge < -0.3 is 60.1 Å². The van der Waals surface area contributed by atoms with Crippen molar-refractivity contribution in [3.05, 3.63) is 0 Å². The van der Waals surface area contributed by atoms with Gasteiger partial charge in [0.1, 0.15) is 54.6 Å². The molecule has 2 saturated heterocycles. The maximum Gasteiger partial charge on any atom is 0.222 e. The van der Waals surface area contributed by atoms with Crippen LogP contribution in [0.25, 0.3) is 0 Å². The number of aliphatic hydroxyl groups is 7. The topological polar surface area (TPSA) is 215 Å². The number of carbonyl (C=O) groups is 2. The molecular weight excluding hydrogens is 410 g/mol. The molecule has 2 aliphatic rings. The molecule has 0 radical (unpaired) electrons. The Labute approximate surface area is 171 Å². The van der Waals surface area contributed by atoms with Crippen molar-refractivity contribution in [3.8, 4) is 0 Å². The molecule has 2 heterocycles. The fraction of sp³-hybridized carbons (Fsp3) is 0.882. The van der Waals surface area contributed by atoms with Gasteiger partial charge in [0.05, 0.1) is 13.2 Å². The SMILES string of the molecule is CC(=O)CCC(=O)N[C@@H]1OC(CO)[C@@H](O[C@@H]2OC(CO)[C@H](O)C(O)C2O)C(O)C1O. The van der Waals surface area contributed by atoms with E-state index in [4.69, 9.17) is 14.2 Å². The molecule has 2 rings (SSSR count). The van der Waals surface area contributed by atoms with Gasteiger partial charge in [0, 0.05) is 12.8 Å². The van der Waals surface area contributed by atoms with Gasteiger partial charge in [-0.3, -0.25) is 4.79 Å². The molecule has 0 aromatic carbocycles. The van der Waals surface area contributed by atoms with Crippen LogP contribution in [0, 0.1) is 0 Å². The van der Waals surface area contributed by atoms with Crippen molar-refractivity contribution in [1.82, 2.24) is 5.32 Å². The average molecular weight is 439 g/mol. The Morgan fingerprint density at radius 2 is 1.47 bits per heavy atom. The number of ether oxygens (including phenoxy) is 3. The number of hydrogen-bond donors (Lipinski definition) is 8. The van der Waals surface area contributed by atoms with Crippen molar-refractivity contribution in [3.63, 3.8) is 0 Å². The highest BCUT2D eigenvalue weighted by Crippen LogP contribution is 2.28. The maximum absolute atomic E-state index is 11.9. The molecule has 0 aliphatic carbocycles. The minimum Gasteiger partial charge on any atom is -0.394 e. The first kappa shape index (κ1) is 25.0. The highest BCUT2D eigenvalue weighted by Gasteiger charge is 2.50. The second-order valence-corrected chi connectivity index (χ2v) is 7.33. The summed E-state index contributed by atoms with van der Waals surface area (Å²) in [7, 11) is 0. The molecule has 13 nitrogen and oxygen atoms in total. The summed E-state index contributed by atoms with van der Waals surface area (Å²) in [5.41, 5.74) is 0. The largest absolute Gasteiger partial charge is 0.394 e. The second kappa shape index (κ2) is 10.9. The summed E-state index contributed by atoms with van der Waals surface area (Å²) in [6, 6.07) is 0. The zero-order valence-electron chi connectivity index (χ0n) is 16.3. The van der Waals surface area contributed by atoms with E-state index in [0.29, 0.717) is 0 Å². The Morgan fingerprint density at radius 1 is 0.833 bits per heavy atom. The van der Waals surface area contributed by atoms with Gasteiger partial charge in [-0.05, 0) is 6.92 Å². The molecule has 13 heteroatoms. The molecule has 30 heavy (non-hydrogen) atoms. The average Bonchev–Trinajstić information content (AvgIpc) is 2.71. The zero-order valence-corrected chi connectivity index (χ0v) is 16.3. The molecule has 2 fully saturated rings. The number of Topliss-reactive ketones (excluding diaryl/α,β-unsaturated/α-hetero) is 1. The standard InChI is InChI=1S/C17H29NO12/c1-6(21)2-3-9(22)18-16-13(26)12(25)15(8(5-20)28-16)30-17-14(27)11(24)10(23)7(4-19)29-17/h7-8,10-17,19-20,23-27H,2-5H2,1H3,(H,18,22)/t7?,8?,10-,11?,12?,13?,14?,15+,16+,17-/m0/s1. The lowest BCUT2D eigenvalue weighted by Crippen LogP contribution is -2.66. The monoisotopic (exact) mass is 439 g/mol. The Hall–Kier alpha value is -1.26. The molecule has 2 aliphatic heterocycles. The van der Waals surface area contributed by atoms with E-state index in [0.717, 1.165) is 0 Å². The van der Waals surface area contributed by atoms with E-state index in [2.05, 4.69) is 5.32 Å². The second-order valence-electron chi connectivity index (χ2n) is 7.33. The molecule has 0 bridgehead atoms. The maximum atomic E-state index is 11.9. The molecule has 0 aromatic heterocycles. The summed E-state index contributed by atoms with van der Waals surface area (Å²) >= 11 is 0. The van der Waals surface area contributed by atoms with Gasteiger partial charge in [0.25, 0.3) is 0 Å². The van der Waals surface area contributed by atoms with Crippen molar-refractivity contribution in [1.29, 1.82) is 0 Å². The summed E-state index contributed by atoms with van der Waals surface area (Å²) in [6.07, 6.45) is -15.8. The Balaban J connectivity index is 2.05. The van der Waals surface area contributed by atoms with Crippen LogP contribution in [0.4, 0.5) is 0 Å². The lowest BCUT2D eigenvalue weighted by Gasteiger charge is -2.46. The third-order valence-electron chi connectivity index (χ3n) is 5.01. The van der Waals surface area contributed by atoms with E-state index in [-0.39, 0.29) is 18.6 Å². The predicted molar refractivity (Wildman–Crippen MR) is 94.5 cm³/mol. The number of hydrogen-bond acceptors (Lipinski definition) is 12. The molecule has 174 valence electrons. The van der Waals surface area contributed by atoms with Crippen molar-refractivity contribution in [2.75, 3.05) is 13.2 Å². The van der Waals surface area contributed by atoms with E-state index < -0.39 is 80.5 Å². The molecule has 10 atom stereocenters. The smallest absolute Gasteiger partial charge is 0.222 e. The van der Waals surface area contributed by atoms with E-state index in [1.165, 1.54) is 6.92 Å². The van der Waals surface area contributed by atoms with Gasteiger partial charge >= 0.3 is 0 Å². The lowest BCUT2D eigenvalue weighted by molar-refractivity contribution is -0.343. The minimum atomic E-state index is -1.77. The minimum absolute atomic E-state index is 0.0243. The molecule has 8 N–H and O–H groups in total. The summed E-state index contributed by atoms with van der Waals surface area (Å²) in [5, 5.41) is 71.5. The van der Waals surface area contributed by atoms with Gasteiger partial charge in [-0.2, -0.15) is 0 Å².